The summed E-state index contributed by atoms with van der Waals surface area (Å²) in [4.78, 5) is 2.50. The van der Waals surface area contributed by atoms with Crippen LogP contribution in [0.25, 0.3) is 0 Å². The van der Waals surface area contributed by atoms with E-state index in [4.69, 9.17) is 0 Å². The van der Waals surface area contributed by atoms with Gasteiger partial charge in [0, 0.05) is 0 Å². The predicted octanol–water partition coefficient (Wildman–Crippen LogP) is 2.64. The average Bonchev–Trinajstić information content (AvgIpc) is 2.72. The summed E-state index contributed by atoms with van der Waals surface area (Å²) in [5.41, 5.74) is 0. The van der Waals surface area contributed by atoms with E-state index in [2.05, 4.69) is 25.7 Å². The van der Waals surface area contributed by atoms with Crippen molar-refractivity contribution in [2.24, 2.45) is 17.8 Å². The van der Waals surface area contributed by atoms with Crippen molar-refractivity contribution in [2.75, 3.05) is 19.6 Å². The van der Waals surface area contributed by atoms with Gasteiger partial charge in [0.1, 0.15) is 0 Å². The molecule has 2 fully saturated rings. The maximum Gasteiger partial charge on any atom is 2.00 e. The van der Waals surface area contributed by atoms with Crippen molar-refractivity contribution in [2.45, 2.75) is 26.7 Å². The second-order valence-corrected chi connectivity index (χ2v) is 4.24. The van der Waals surface area contributed by atoms with Gasteiger partial charge in [0.25, 0.3) is 0 Å². The fourth-order valence-corrected chi connectivity index (χ4v) is 2.81. The summed E-state index contributed by atoms with van der Waals surface area (Å²) < 4.78 is 0. The van der Waals surface area contributed by atoms with Gasteiger partial charge in [-0.25, -0.2) is 0 Å². The molecule has 82 valence electrons. The van der Waals surface area contributed by atoms with Gasteiger partial charge in [-0.15, -0.1) is 6.54 Å². The van der Waals surface area contributed by atoms with Crippen LogP contribution in [0, 0.1) is 31.6 Å². The van der Waals surface area contributed by atoms with Gasteiger partial charge in [-0.1, -0.05) is 13.3 Å². The molecular formula is C12H23NW. The third-order valence-electron chi connectivity index (χ3n) is 3.61. The Morgan fingerprint density at radius 3 is 2.36 bits per heavy atom. The van der Waals surface area contributed by atoms with E-state index in [1.165, 1.54) is 25.9 Å². The molecule has 0 aromatic carbocycles. The maximum atomic E-state index is 3.95. The van der Waals surface area contributed by atoms with Gasteiger partial charge >= 0.3 is 21.1 Å². The summed E-state index contributed by atoms with van der Waals surface area (Å²) in [6, 6.07) is 0. The van der Waals surface area contributed by atoms with E-state index in [1.807, 2.05) is 0 Å². The van der Waals surface area contributed by atoms with Crippen LogP contribution in [0.2, 0.25) is 0 Å². The van der Waals surface area contributed by atoms with Gasteiger partial charge < -0.3 is 18.7 Å². The number of hydrogen-bond donors (Lipinski definition) is 0. The van der Waals surface area contributed by atoms with Crippen LogP contribution >= 0.6 is 0 Å². The average molecular weight is 365 g/mol. The third-order valence-corrected chi connectivity index (χ3v) is 3.61. The number of likely N-dealkylation sites (tertiary alicyclic amines) is 1. The van der Waals surface area contributed by atoms with Crippen LogP contribution in [-0.4, -0.2) is 24.5 Å². The topological polar surface area (TPSA) is 3.24 Å². The van der Waals surface area contributed by atoms with Crippen molar-refractivity contribution >= 4 is 0 Å². The van der Waals surface area contributed by atoms with E-state index in [-0.39, 0.29) is 21.1 Å². The van der Waals surface area contributed by atoms with Gasteiger partial charge in [0.05, 0.1) is 0 Å². The van der Waals surface area contributed by atoms with Gasteiger partial charge in [0.15, 0.2) is 0 Å². The first-order valence-electron chi connectivity index (χ1n) is 5.53. The van der Waals surface area contributed by atoms with E-state index >= 15 is 0 Å². The van der Waals surface area contributed by atoms with Crippen molar-refractivity contribution in [3.05, 3.63) is 13.8 Å². The molecular weight excluding hydrogens is 342 g/mol. The molecule has 3 unspecified atom stereocenters. The Balaban J connectivity index is 0.000000531. The van der Waals surface area contributed by atoms with Gasteiger partial charge in [0.2, 0.25) is 0 Å². The second kappa shape index (κ2) is 7.01. The summed E-state index contributed by atoms with van der Waals surface area (Å²) in [7, 11) is 0. The van der Waals surface area contributed by atoms with Crippen LogP contribution in [0.15, 0.2) is 0 Å². The largest absolute Gasteiger partial charge is 2.00 e. The summed E-state index contributed by atoms with van der Waals surface area (Å²) in [5, 5.41) is 0. The SMILES string of the molecule is [CH2-]C.[CH2-]CN1CC2CCC(C)C2C1.[W+2]. The molecule has 1 nitrogen and oxygen atoms in total. The standard InChI is InChI=1S/C10H18N.C2H5.W/c1-3-11-6-9-5-4-8(2)10(9)7-11;1-2;/h8-10H,1,3-7H2,2H3;1H2,2H3;/q2*-1;+2. The molecule has 2 aliphatic rings. The zero-order chi connectivity index (χ0) is 9.84. The summed E-state index contributed by atoms with van der Waals surface area (Å²) in [6.07, 6.45) is 2.95. The number of fused-ring (bicyclic) bond motifs is 1. The van der Waals surface area contributed by atoms with E-state index in [0.717, 1.165) is 24.3 Å². The molecule has 0 N–H and O–H groups in total. The Morgan fingerprint density at radius 2 is 1.86 bits per heavy atom. The van der Waals surface area contributed by atoms with Gasteiger partial charge in [-0.2, -0.15) is 6.92 Å². The summed E-state index contributed by atoms with van der Waals surface area (Å²) in [6.45, 7) is 15.0. The Kier molecular flexibility index (Phi) is 7.33. The van der Waals surface area contributed by atoms with E-state index in [0.29, 0.717) is 0 Å². The third kappa shape index (κ3) is 3.07. The Bertz CT molecular complexity index is 149. The summed E-state index contributed by atoms with van der Waals surface area (Å²) in [5.74, 6) is 3.01. The van der Waals surface area contributed by atoms with Crippen LogP contribution in [0.1, 0.15) is 26.7 Å². The molecule has 1 aliphatic heterocycles. The molecule has 14 heavy (non-hydrogen) atoms. The molecule has 0 bridgehead atoms. The maximum absolute atomic E-state index is 3.95. The molecule has 0 aromatic heterocycles. The normalized spacial score (nSPS) is 35.6. The quantitative estimate of drug-likeness (QED) is 0.646. The Morgan fingerprint density at radius 1 is 1.21 bits per heavy atom. The first kappa shape index (κ1) is 14.6. The van der Waals surface area contributed by atoms with Gasteiger partial charge in [-0.05, 0) is 37.3 Å². The molecule has 0 radical (unpaired) electrons. The number of rotatable bonds is 1. The summed E-state index contributed by atoms with van der Waals surface area (Å²) >= 11 is 0. The van der Waals surface area contributed by atoms with E-state index in [9.17, 15) is 0 Å². The molecule has 1 aliphatic carbocycles. The first-order valence-corrected chi connectivity index (χ1v) is 5.53. The molecule has 1 saturated carbocycles. The van der Waals surface area contributed by atoms with Crippen molar-refractivity contribution < 1.29 is 21.1 Å². The number of hydrogen-bond acceptors (Lipinski definition) is 1. The van der Waals surface area contributed by atoms with E-state index < -0.39 is 0 Å². The Hall–Kier alpha value is 0.648. The van der Waals surface area contributed by atoms with Crippen molar-refractivity contribution in [3.63, 3.8) is 0 Å². The minimum absolute atomic E-state index is 0. The molecule has 3 atom stereocenters. The molecule has 1 heterocycles. The molecule has 0 aromatic rings. The predicted molar refractivity (Wildman–Crippen MR) is 58.2 cm³/mol. The molecule has 2 heteroatoms. The molecule has 1 saturated heterocycles. The van der Waals surface area contributed by atoms with Crippen molar-refractivity contribution in [1.29, 1.82) is 0 Å². The van der Waals surface area contributed by atoms with Crippen molar-refractivity contribution in [1.82, 2.24) is 4.90 Å². The molecule has 0 spiro atoms. The Labute approximate surface area is 104 Å². The second-order valence-electron chi connectivity index (χ2n) is 4.24. The molecule has 0 amide bonds. The van der Waals surface area contributed by atoms with Crippen LogP contribution in [0.5, 0.6) is 0 Å². The van der Waals surface area contributed by atoms with Crippen molar-refractivity contribution in [3.8, 4) is 0 Å². The smallest absolute Gasteiger partial charge is 0.346 e. The first-order chi connectivity index (χ1) is 6.31. The zero-order valence-corrected chi connectivity index (χ0v) is 12.5. The monoisotopic (exact) mass is 365 g/mol. The minimum atomic E-state index is 0. The van der Waals surface area contributed by atoms with Crippen LogP contribution in [-0.2, 0) is 21.1 Å². The van der Waals surface area contributed by atoms with Crippen LogP contribution in [0.3, 0.4) is 0 Å². The minimum Gasteiger partial charge on any atom is -0.346 e. The fourth-order valence-electron chi connectivity index (χ4n) is 2.81. The van der Waals surface area contributed by atoms with Crippen LogP contribution in [0.4, 0.5) is 0 Å². The zero-order valence-electron chi connectivity index (χ0n) is 9.54. The van der Waals surface area contributed by atoms with Crippen LogP contribution < -0.4 is 0 Å². The number of nitrogens with zero attached hydrogens (tertiary/aromatic N) is 1. The molecule has 2 rings (SSSR count). The van der Waals surface area contributed by atoms with E-state index in [1.54, 1.807) is 6.92 Å². The van der Waals surface area contributed by atoms with Gasteiger partial charge in [-0.3, -0.25) is 0 Å². The fraction of sp³-hybridized carbons (Fsp3) is 0.833.